The number of ether oxygens (including phenoxy) is 1. The minimum atomic E-state index is -4.40. The number of rotatable bonds is 10. The predicted molar refractivity (Wildman–Crippen MR) is 125 cm³/mol. The average molecular weight is 509 g/mol. The number of aromatic nitrogens is 1. The van der Waals surface area contributed by atoms with Gasteiger partial charge in [0.25, 0.3) is 5.91 Å². The monoisotopic (exact) mass is 508 g/mol. The SMILES string of the molecule is O=C(NCCN1CCOCC1)c1coc(CN(Cc2cccc(C(F)(F)F)c2)Cc2cccs2)n1. The molecule has 7 nitrogen and oxygen atoms in total. The van der Waals surface area contributed by atoms with Crippen LogP contribution in [-0.2, 0) is 30.5 Å². The molecule has 1 amide bonds. The quantitative estimate of drug-likeness (QED) is 0.446. The fourth-order valence-corrected chi connectivity index (χ4v) is 4.56. The number of hydrogen-bond acceptors (Lipinski definition) is 7. The van der Waals surface area contributed by atoms with Crippen molar-refractivity contribution in [2.75, 3.05) is 39.4 Å². The highest BCUT2D eigenvalue weighted by Crippen LogP contribution is 2.30. The molecule has 0 aliphatic carbocycles. The summed E-state index contributed by atoms with van der Waals surface area (Å²) in [4.78, 5) is 22.0. The van der Waals surface area contributed by atoms with E-state index in [0.29, 0.717) is 37.8 Å². The number of hydrogen-bond donors (Lipinski definition) is 1. The van der Waals surface area contributed by atoms with E-state index in [1.165, 1.54) is 12.3 Å². The van der Waals surface area contributed by atoms with Gasteiger partial charge in [-0.1, -0.05) is 24.3 Å². The Bertz CT molecular complexity index is 1080. The molecule has 188 valence electrons. The molecule has 0 spiro atoms. The molecule has 1 aromatic carbocycles. The highest BCUT2D eigenvalue weighted by atomic mass is 32.1. The molecule has 2 aromatic heterocycles. The van der Waals surface area contributed by atoms with E-state index in [9.17, 15) is 18.0 Å². The smallest absolute Gasteiger partial charge is 0.416 e. The molecule has 0 saturated carbocycles. The molecule has 1 fully saturated rings. The van der Waals surface area contributed by atoms with E-state index < -0.39 is 11.7 Å². The lowest BCUT2D eigenvalue weighted by atomic mass is 10.1. The molecule has 4 rings (SSSR count). The van der Waals surface area contributed by atoms with Gasteiger partial charge in [-0.2, -0.15) is 13.2 Å². The number of alkyl halides is 3. The van der Waals surface area contributed by atoms with E-state index in [0.717, 1.165) is 36.6 Å². The topological polar surface area (TPSA) is 70.8 Å². The lowest BCUT2D eigenvalue weighted by Gasteiger charge is -2.26. The van der Waals surface area contributed by atoms with Crippen molar-refractivity contribution < 1.29 is 27.1 Å². The lowest BCUT2D eigenvalue weighted by molar-refractivity contribution is -0.137. The molecule has 1 N–H and O–H groups in total. The number of nitrogens with zero attached hydrogens (tertiary/aromatic N) is 3. The van der Waals surface area contributed by atoms with Gasteiger partial charge in [0.2, 0.25) is 5.89 Å². The van der Waals surface area contributed by atoms with Gasteiger partial charge in [-0.05, 0) is 23.1 Å². The van der Waals surface area contributed by atoms with Crippen LogP contribution in [0.2, 0.25) is 0 Å². The van der Waals surface area contributed by atoms with Crippen molar-refractivity contribution in [2.24, 2.45) is 0 Å². The van der Waals surface area contributed by atoms with Crippen LogP contribution in [0.5, 0.6) is 0 Å². The highest BCUT2D eigenvalue weighted by molar-refractivity contribution is 7.09. The molecule has 35 heavy (non-hydrogen) atoms. The van der Waals surface area contributed by atoms with Crippen LogP contribution >= 0.6 is 11.3 Å². The van der Waals surface area contributed by atoms with Crippen molar-refractivity contribution in [2.45, 2.75) is 25.8 Å². The maximum Gasteiger partial charge on any atom is 0.416 e. The zero-order valence-electron chi connectivity index (χ0n) is 19.1. The molecule has 0 unspecified atom stereocenters. The van der Waals surface area contributed by atoms with E-state index in [2.05, 4.69) is 15.2 Å². The van der Waals surface area contributed by atoms with E-state index >= 15 is 0 Å². The largest absolute Gasteiger partial charge is 0.447 e. The number of amides is 1. The van der Waals surface area contributed by atoms with Crippen molar-refractivity contribution in [1.82, 2.24) is 20.1 Å². The zero-order chi connectivity index (χ0) is 24.7. The first-order chi connectivity index (χ1) is 16.9. The van der Waals surface area contributed by atoms with Gasteiger partial charge in [0.15, 0.2) is 5.69 Å². The molecule has 1 aliphatic rings. The molecule has 3 heterocycles. The van der Waals surface area contributed by atoms with Gasteiger partial charge in [-0.3, -0.25) is 14.6 Å². The van der Waals surface area contributed by atoms with Crippen molar-refractivity contribution in [1.29, 1.82) is 0 Å². The zero-order valence-corrected chi connectivity index (χ0v) is 19.9. The third-order valence-electron chi connectivity index (χ3n) is 5.58. The van der Waals surface area contributed by atoms with Gasteiger partial charge in [0, 0.05) is 44.1 Å². The normalized spacial score (nSPS) is 15.0. The maximum atomic E-state index is 13.1. The van der Waals surface area contributed by atoms with Crippen LogP contribution in [0.15, 0.2) is 52.5 Å². The molecular weight excluding hydrogens is 481 g/mol. The molecule has 1 saturated heterocycles. The lowest BCUT2D eigenvalue weighted by Crippen LogP contribution is -2.41. The molecule has 1 aliphatic heterocycles. The summed E-state index contributed by atoms with van der Waals surface area (Å²) in [6.07, 6.45) is -3.09. The summed E-state index contributed by atoms with van der Waals surface area (Å²) >= 11 is 1.56. The standard InChI is InChI=1S/C24H27F3N4O3S/c25-24(26,27)19-4-1-3-18(13-19)14-31(15-20-5-2-12-35-20)16-22-29-21(17-34-22)23(32)28-6-7-30-8-10-33-11-9-30/h1-5,12-13,17H,6-11,14-16H2,(H,28,32). The van der Waals surface area contributed by atoms with Crippen LogP contribution in [0.25, 0.3) is 0 Å². The van der Waals surface area contributed by atoms with Crippen LogP contribution in [-0.4, -0.2) is 60.1 Å². The Hall–Kier alpha value is -2.73. The van der Waals surface area contributed by atoms with Crippen molar-refractivity contribution in [3.05, 3.63) is 75.6 Å². The van der Waals surface area contributed by atoms with Gasteiger partial charge in [-0.15, -0.1) is 11.3 Å². The summed E-state index contributed by atoms with van der Waals surface area (Å²) in [6.45, 7) is 5.32. The Labute approximate surface area is 205 Å². The number of nitrogens with one attached hydrogen (secondary N) is 1. The second kappa shape index (κ2) is 11.8. The first kappa shape index (κ1) is 25.4. The minimum absolute atomic E-state index is 0.178. The summed E-state index contributed by atoms with van der Waals surface area (Å²) in [5, 5.41) is 4.79. The number of oxazole rings is 1. The summed E-state index contributed by atoms with van der Waals surface area (Å²) in [5.74, 6) is 0.00260. The predicted octanol–water partition coefficient (Wildman–Crippen LogP) is 4.02. The molecule has 0 bridgehead atoms. The number of benzene rings is 1. The summed E-state index contributed by atoms with van der Waals surface area (Å²) in [7, 11) is 0. The molecule has 3 aromatic rings. The summed E-state index contributed by atoms with van der Waals surface area (Å²) in [6, 6.07) is 9.18. The van der Waals surface area contributed by atoms with E-state index in [-0.39, 0.29) is 24.7 Å². The van der Waals surface area contributed by atoms with Crippen LogP contribution in [0.3, 0.4) is 0 Å². The Morgan fingerprint density at radius 1 is 1.14 bits per heavy atom. The van der Waals surface area contributed by atoms with Crippen LogP contribution in [0.1, 0.15) is 32.4 Å². The number of morpholine rings is 1. The van der Waals surface area contributed by atoms with Crippen LogP contribution < -0.4 is 5.32 Å². The first-order valence-electron chi connectivity index (χ1n) is 11.3. The molecule has 11 heteroatoms. The molecule has 0 atom stereocenters. The summed E-state index contributed by atoms with van der Waals surface area (Å²) < 4.78 is 50.3. The first-order valence-corrected chi connectivity index (χ1v) is 12.2. The van der Waals surface area contributed by atoms with Gasteiger partial charge >= 0.3 is 6.18 Å². The van der Waals surface area contributed by atoms with Crippen molar-refractivity contribution in [3.63, 3.8) is 0 Å². The highest BCUT2D eigenvalue weighted by Gasteiger charge is 2.30. The van der Waals surface area contributed by atoms with E-state index in [1.807, 2.05) is 22.4 Å². The number of thiophene rings is 1. The Kier molecular flexibility index (Phi) is 8.55. The number of halogens is 3. The third kappa shape index (κ3) is 7.63. The average Bonchev–Trinajstić information content (AvgIpc) is 3.52. The fraction of sp³-hybridized carbons (Fsp3) is 0.417. The van der Waals surface area contributed by atoms with E-state index in [4.69, 9.17) is 9.15 Å². The Morgan fingerprint density at radius 2 is 1.97 bits per heavy atom. The third-order valence-corrected chi connectivity index (χ3v) is 6.44. The van der Waals surface area contributed by atoms with Gasteiger partial charge in [0.1, 0.15) is 6.26 Å². The molecular formula is C24H27F3N4O3S. The Morgan fingerprint density at radius 3 is 2.71 bits per heavy atom. The fourth-order valence-electron chi connectivity index (χ4n) is 3.82. The van der Waals surface area contributed by atoms with Crippen molar-refractivity contribution in [3.8, 4) is 0 Å². The van der Waals surface area contributed by atoms with Gasteiger partial charge < -0.3 is 14.5 Å². The van der Waals surface area contributed by atoms with E-state index in [1.54, 1.807) is 17.4 Å². The minimum Gasteiger partial charge on any atom is -0.447 e. The second-order valence-electron chi connectivity index (χ2n) is 8.26. The summed E-state index contributed by atoms with van der Waals surface area (Å²) in [5.41, 5.74) is 0.0272. The van der Waals surface area contributed by atoms with Gasteiger partial charge in [0.05, 0.1) is 25.3 Å². The second-order valence-corrected chi connectivity index (χ2v) is 9.29. The van der Waals surface area contributed by atoms with Crippen LogP contribution in [0.4, 0.5) is 13.2 Å². The maximum absolute atomic E-state index is 13.1. The molecule has 0 radical (unpaired) electrons. The van der Waals surface area contributed by atoms with Gasteiger partial charge in [-0.25, -0.2) is 4.98 Å². The number of carbonyl (C=O) groups is 1. The Balaban J connectivity index is 1.38. The van der Waals surface area contributed by atoms with Crippen LogP contribution in [0, 0.1) is 0 Å². The number of carbonyl (C=O) groups excluding carboxylic acids is 1. The van der Waals surface area contributed by atoms with Crippen molar-refractivity contribution >= 4 is 17.2 Å².